The van der Waals surface area contributed by atoms with Crippen molar-refractivity contribution in [1.82, 2.24) is 15.1 Å². The highest BCUT2D eigenvalue weighted by molar-refractivity contribution is 5.75. The lowest BCUT2D eigenvalue weighted by Gasteiger charge is -2.45. The molecule has 1 aliphatic carbocycles. The van der Waals surface area contributed by atoms with Gasteiger partial charge >= 0.3 is 6.03 Å². The molecule has 2 heterocycles. The number of amides is 2. The zero-order chi connectivity index (χ0) is 17.6. The van der Waals surface area contributed by atoms with E-state index in [9.17, 15) is 4.79 Å². The van der Waals surface area contributed by atoms with E-state index >= 15 is 0 Å². The lowest BCUT2D eigenvalue weighted by molar-refractivity contribution is -0.0882. The molecule has 2 amide bonds. The van der Waals surface area contributed by atoms with Gasteiger partial charge < -0.3 is 15.0 Å². The zero-order valence-electron chi connectivity index (χ0n) is 15.5. The Morgan fingerprint density at radius 1 is 1.32 bits per heavy atom. The number of carbonyl (C=O) groups is 1. The molecule has 2 aliphatic heterocycles. The minimum Gasteiger partial charge on any atom is -0.375 e. The predicted octanol–water partition coefficient (Wildman–Crippen LogP) is 2.34. The summed E-state index contributed by atoms with van der Waals surface area (Å²) < 4.78 is 5.89. The summed E-state index contributed by atoms with van der Waals surface area (Å²) in [4.78, 5) is 17.2. The minimum atomic E-state index is 0.0728. The lowest BCUT2D eigenvalue weighted by atomic mass is 9.99. The van der Waals surface area contributed by atoms with E-state index in [1.54, 1.807) is 0 Å². The van der Waals surface area contributed by atoms with E-state index in [0.29, 0.717) is 12.0 Å². The molecule has 4 atom stereocenters. The van der Waals surface area contributed by atoms with E-state index in [1.807, 2.05) is 4.90 Å². The zero-order valence-corrected chi connectivity index (χ0v) is 15.5. The topological polar surface area (TPSA) is 44.8 Å². The van der Waals surface area contributed by atoms with Crippen molar-refractivity contribution < 1.29 is 9.53 Å². The van der Waals surface area contributed by atoms with E-state index in [4.69, 9.17) is 4.74 Å². The van der Waals surface area contributed by atoms with E-state index in [2.05, 4.69) is 49.3 Å². The molecule has 0 unspecified atom stereocenters. The van der Waals surface area contributed by atoms with Crippen LogP contribution in [-0.4, -0.2) is 61.3 Å². The second-order valence-corrected chi connectivity index (χ2v) is 8.00. The molecule has 0 bridgehead atoms. The largest absolute Gasteiger partial charge is 0.375 e. The van der Waals surface area contributed by atoms with Crippen LogP contribution in [0.15, 0.2) is 18.2 Å². The van der Waals surface area contributed by atoms with Gasteiger partial charge in [-0.2, -0.15) is 0 Å². The quantitative estimate of drug-likeness (QED) is 0.851. The van der Waals surface area contributed by atoms with Crippen LogP contribution in [-0.2, 0) is 11.2 Å². The van der Waals surface area contributed by atoms with Crippen LogP contribution >= 0.6 is 0 Å². The number of hydrogen-bond acceptors (Lipinski definition) is 3. The number of nitrogens with one attached hydrogen (secondary N) is 1. The summed E-state index contributed by atoms with van der Waals surface area (Å²) in [6, 6.07) is 7.14. The van der Waals surface area contributed by atoms with Gasteiger partial charge in [-0.15, -0.1) is 0 Å². The molecule has 1 N–H and O–H groups in total. The molecule has 2 fully saturated rings. The number of benzene rings is 1. The molecule has 1 aromatic carbocycles. The molecule has 5 heteroatoms. The van der Waals surface area contributed by atoms with Crippen LogP contribution in [0.5, 0.6) is 0 Å². The molecule has 0 spiro atoms. The van der Waals surface area contributed by atoms with Crippen molar-refractivity contribution in [2.45, 2.75) is 44.9 Å². The van der Waals surface area contributed by atoms with Crippen molar-refractivity contribution in [3.05, 3.63) is 34.9 Å². The normalized spacial score (nSPS) is 32.2. The summed E-state index contributed by atoms with van der Waals surface area (Å²) in [5.41, 5.74) is 3.94. The Hall–Kier alpha value is -1.59. The van der Waals surface area contributed by atoms with Gasteiger partial charge in [0.1, 0.15) is 0 Å². The van der Waals surface area contributed by atoms with Crippen LogP contribution in [0.2, 0.25) is 0 Å². The number of urea groups is 1. The predicted molar refractivity (Wildman–Crippen MR) is 97.7 cm³/mol. The number of likely N-dealkylation sites (tertiary alicyclic amines) is 1. The Balaban J connectivity index is 1.45. The summed E-state index contributed by atoms with van der Waals surface area (Å²) >= 11 is 0. The third-order valence-electron chi connectivity index (χ3n) is 6.18. The number of piperidine rings is 1. The van der Waals surface area contributed by atoms with Gasteiger partial charge in [0.2, 0.25) is 0 Å². The minimum absolute atomic E-state index is 0.0728. The van der Waals surface area contributed by atoms with Gasteiger partial charge in [-0.25, -0.2) is 4.79 Å². The summed E-state index contributed by atoms with van der Waals surface area (Å²) in [5, 5.41) is 3.32. The smallest absolute Gasteiger partial charge is 0.317 e. The molecule has 0 saturated carbocycles. The van der Waals surface area contributed by atoms with Gasteiger partial charge in [-0.05, 0) is 43.9 Å². The molecular formula is C20H29N3O2. The maximum atomic E-state index is 12.9. The Morgan fingerprint density at radius 2 is 2.16 bits per heavy atom. The fourth-order valence-corrected chi connectivity index (χ4v) is 4.63. The first-order valence-electron chi connectivity index (χ1n) is 9.49. The number of morpholine rings is 1. The van der Waals surface area contributed by atoms with Gasteiger partial charge in [-0.1, -0.05) is 30.7 Å². The summed E-state index contributed by atoms with van der Waals surface area (Å²) in [7, 11) is 2.14. The highest BCUT2D eigenvalue weighted by atomic mass is 16.5. The Labute approximate surface area is 150 Å². The molecule has 4 rings (SSSR count). The van der Waals surface area contributed by atoms with Crippen LogP contribution in [0.1, 0.15) is 36.1 Å². The van der Waals surface area contributed by atoms with Gasteiger partial charge in [0, 0.05) is 19.6 Å². The van der Waals surface area contributed by atoms with E-state index in [-0.39, 0.29) is 18.2 Å². The SMILES string of the molecule is Cc1ccc2c(c1)[C@H](NC(=O)N1CC[C@@H]3OCCN(C)[C@H]3C1)[C@H](C)C2. The monoisotopic (exact) mass is 343 g/mol. The maximum Gasteiger partial charge on any atom is 0.317 e. The molecule has 0 aromatic heterocycles. The molecule has 25 heavy (non-hydrogen) atoms. The molecule has 0 radical (unpaired) electrons. The average Bonchev–Trinajstić information content (AvgIpc) is 2.90. The Bertz CT molecular complexity index is 662. The van der Waals surface area contributed by atoms with Crippen LogP contribution < -0.4 is 5.32 Å². The third kappa shape index (κ3) is 3.15. The van der Waals surface area contributed by atoms with Gasteiger partial charge in [0.25, 0.3) is 0 Å². The molecule has 2 saturated heterocycles. The first-order valence-corrected chi connectivity index (χ1v) is 9.49. The van der Waals surface area contributed by atoms with Crippen LogP contribution in [0.4, 0.5) is 4.79 Å². The molecule has 1 aromatic rings. The van der Waals surface area contributed by atoms with Crippen molar-refractivity contribution in [3.8, 4) is 0 Å². The maximum absolute atomic E-state index is 12.9. The Morgan fingerprint density at radius 3 is 3.00 bits per heavy atom. The lowest BCUT2D eigenvalue weighted by Crippen LogP contribution is -2.61. The highest BCUT2D eigenvalue weighted by Crippen LogP contribution is 2.36. The number of nitrogens with zero attached hydrogens (tertiary/aromatic N) is 2. The van der Waals surface area contributed by atoms with Crippen molar-refractivity contribution in [2.75, 3.05) is 33.3 Å². The first kappa shape index (κ1) is 16.9. The fourth-order valence-electron chi connectivity index (χ4n) is 4.63. The molecular weight excluding hydrogens is 314 g/mol. The van der Waals surface area contributed by atoms with Crippen molar-refractivity contribution >= 4 is 6.03 Å². The second-order valence-electron chi connectivity index (χ2n) is 8.00. The van der Waals surface area contributed by atoms with Crippen molar-refractivity contribution in [3.63, 3.8) is 0 Å². The number of aryl methyl sites for hydroxylation is 1. The number of ether oxygens (including phenoxy) is 1. The summed E-state index contributed by atoms with van der Waals surface area (Å²) in [6.07, 6.45) is 2.25. The standard InChI is InChI=1S/C20H29N3O2/c1-13-4-5-15-11-14(2)19(16(15)10-13)21-20(24)23-7-6-18-17(12-23)22(3)8-9-25-18/h4-5,10,14,17-19H,6-9,11-12H2,1-3H3,(H,21,24)/t14-,17+,18+,19-/m1/s1. The van der Waals surface area contributed by atoms with Crippen LogP contribution in [0, 0.1) is 12.8 Å². The van der Waals surface area contributed by atoms with E-state index < -0.39 is 0 Å². The van der Waals surface area contributed by atoms with Gasteiger partial charge in [0.05, 0.1) is 24.8 Å². The molecule has 136 valence electrons. The summed E-state index contributed by atoms with van der Waals surface area (Å²) in [5.74, 6) is 0.443. The van der Waals surface area contributed by atoms with Gasteiger partial charge in [-0.3, -0.25) is 4.90 Å². The number of fused-ring (bicyclic) bond motifs is 2. The van der Waals surface area contributed by atoms with Crippen molar-refractivity contribution in [1.29, 1.82) is 0 Å². The third-order valence-corrected chi connectivity index (χ3v) is 6.18. The molecule has 3 aliphatic rings. The fraction of sp³-hybridized carbons (Fsp3) is 0.650. The average molecular weight is 343 g/mol. The highest BCUT2D eigenvalue weighted by Gasteiger charge is 2.38. The van der Waals surface area contributed by atoms with E-state index in [1.165, 1.54) is 16.7 Å². The summed E-state index contributed by atoms with van der Waals surface area (Å²) in [6.45, 7) is 7.64. The molecule has 5 nitrogen and oxygen atoms in total. The number of rotatable bonds is 1. The van der Waals surface area contributed by atoms with E-state index in [0.717, 1.165) is 39.1 Å². The van der Waals surface area contributed by atoms with Gasteiger partial charge in [0.15, 0.2) is 0 Å². The first-order chi connectivity index (χ1) is 12.0. The van der Waals surface area contributed by atoms with Crippen LogP contribution in [0.25, 0.3) is 0 Å². The number of carbonyl (C=O) groups excluding carboxylic acids is 1. The van der Waals surface area contributed by atoms with Crippen molar-refractivity contribution in [2.24, 2.45) is 5.92 Å². The number of hydrogen-bond donors (Lipinski definition) is 1. The van der Waals surface area contributed by atoms with Crippen LogP contribution in [0.3, 0.4) is 0 Å². The second kappa shape index (κ2) is 6.61. The number of likely N-dealkylation sites (N-methyl/N-ethyl adjacent to an activating group) is 1. The Kier molecular flexibility index (Phi) is 4.46.